The molecule has 0 bridgehead atoms. The molecule has 12 nitrogen and oxygen atoms in total. The lowest BCUT2D eigenvalue weighted by molar-refractivity contribution is -0.125. The average molecular weight is 739 g/mol. The summed E-state index contributed by atoms with van der Waals surface area (Å²) < 4.78 is 0. The highest BCUT2D eigenvalue weighted by molar-refractivity contribution is 5.98. The summed E-state index contributed by atoms with van der Waals surface area (Å²) in [5.74, 6) is -1.20. The van der Waals surface area contributed by atoms with E-state index < -0.39 is 12.1 Å². The molecule has 6 N–H and O–H groups in total. The molecule has 0 fully saturated rings. The lowest BCUT2D eigenvalue weighted by Crippen LogP contribution is -2.52. The number of nitrogens with one attached hydrogen (secondary N) is 6. The summed E-state index contributed by atoms with van der Waals surface area (Å²) in [6, 6.07) is 12.9. The summed E-state index contributed by atoms with van der Waals surface area (Å²) in [5.41, 5.74) is 4.48. The number of imidazole rings is 2. The smallest absolute Gasteiger partial charge is 0.251 e. The molecule has 290 valence electrons. The second kappa shape index (κ2) is 21.4. The fourth-order valence-corrected chi connectivity index (χ4v) is 6.35. The molecule has 2 aromatic carbocycles. The number of rotatable bonds is 22. The van der Waals surface area contributed by atoms with Crippen LogP contribution in [0, 0.1) is 11.8 Å². The maximum atomic E-state index is 13.8. The molecule has 0 aliphatic carbocycles. The first-order valence-corrected chi connectivity index (χ1v) is 19.5. The number of H-pyrrole nitrogens is 2. The zero-order valence-corrected chi connectivity index (χ0v) is 32.4. The van der Waals surface area contributed by atoms with Gasteiger partial charge < -0.3 is 31.2 Å². The predicted molar refractivity (Wildman–Crippen MR) is 212 cm³/mol. The molecule has 4 rings (SSSR count). The zero-order chi connectivity index (χ0) is 38.9. The maximum Gasteiger partial charge on any atom is 0.251 e. The van der Waals surface area contributed by atoms with Crippen molar-refractivity contribution in [3.05, 3.63) is 84.7 Å². The number of benzene rings is 2. The van der Waals surface area contributed by atoms with Crippen molar-refractivity contribution in [2.24, 2.45) is 11.8 Å². The van der Waals surface area contributed by atoms with Crippen LogP contribution in [0.15, 0.2) is 73.6 Å². The Labute approximate surface area is 319 Å². The summed E-state index contributed by atoms with van der Waals surface area (Å²) in [4.78, 5) is 68.0. The van der Waals surface area contributed by atoms with Gasteiger partial charge in [-0.2, -0.15) is 0 Å². The summed E-state index contributed by atoms with van der Waals surface area (Å²) in [6.07, 6.45) is 14.5. The fraction of sp³-hybridized carbons (Fsp3) is 0.476. The number of carbonyl (C=O) groups is 4. The molecule has 0 saturated heterocycles. The minimum Gasteiger partial charge on any atom is -0.354 e. The monoisotopic (exact) mass is 738 g/mol. The standard InChI is InChI=1S/C42H58N8O4/c1-6-9-10-11-13-34(48-42(54)38(29(5)8-3)50-40(52)33-21-17-31(18-22-33)36-25-44-27-47-36)14-12-23-45-41(53)37(28(4)7-2)49-39(51)32-19-15-30(16-20-32)35-24-43-26-46-35/h15-22,24-29,34,37-38H,6-14,23H2,1-5H3,(H,43,46)(H,44,47)(H,45,53)(H,48,54)(H,49,51)(H,50,52)/t28?,29?,34?,37-,38-/m0/s1. The Morgan fingerprint density at radius 3 is 1.54 bits per heavy atom. The molecule has 0 aliphatic heterocycles. The van der Waals surface area contributed by atoms with Gasteiger partial charge in [-0.15, -0.1) is 0 Å². The number of aromatic amines is 2. The minimum atomic E-state index is -0.700. The SMILES string of the molecule is CCCCCCC(CCCNC(=O)[C@@H](NC(=O)c1ccc(-c2cnc[nH]2)cc1)C(C)CC)NC(=O)[C@@H](NC(=O)c1ccc(-c2cnc[nH]2)cc1)C(C)CC. The van der Waals surface area contributed by atoms with E-state index in [1.165, 1.54) is 0 Å². The van der Waals surface area contributed by atoms with Gasteiger partial charge in [0.25, 0.3) is 11.8 Å². The van der Waals surface area contributed by atoms with Gasteiger partial charge >= 0.3 is 0 Å². The quantitative estimate of drug-likeness (QED) is 0.0484. The van der Waals surface area contributed by atoms with E-state index in [1.807, 2.05) is 52.0 Å². The van der Waals surface area contributed by atoms with Gasteiger partial charge in [-0.1, -0.05) is 97.4 Å². The van der Waals surface area contributed by atoms with Crippen LogP contribution in [-0.2, 0) is 9.59 Å². The molecule has 0 spiro atoms. The Balaban J connectivity index is 1.33. The number of hydrogen-bond donors (Lipinski definition) is 6. The highest BCUT2D eigenvalue weighted by Crippen LogP contribution is 2.19. The third-order valence-electron chi connectivity index (χ3n) is 10.3. The van der Waals surface area contributed by atoms with E-state index in [2.05, 4.69) is 48.1 Å². The maximum absolute atomic E-state index is 13.8. The molecule has 3 unspecified atom stereocenters. The van der Waals surface area contributed by atoms with Gasteiger partial charge in [0, 0.05) is 23.7 Å². The van der Waals surface area contributed by atoms with Crippen LogP contribution in [0.1, 0.15) is 113 Å². The Morgan fingerprint density at radius 2 is 1.09 bits per heavy atom. The van der Waals surface area contributed by atoms with Crippen molar-refractivity contribution in [1.29, 1.82) is 0 Å². The van der Waals surface area contributed by atoms with Crippen LogP contribution >= 0.6 is 0 Å². The first kappa shape index (κ1) is 41.5. The van der Waals surface area contributed by atoms with Gasteiger partial charge in [-0.3, -0.25) is 19.2 Å². The van der Waals surface area contributed by atoms with Gasteiger partial charge in [-0.05, 0) is 66.5 Å². The molecule has 4 amide bonds. The molecule has 0 saturated carbocycles. The molecular formula is C42H58N8O4. The molecule has 4 aromatic rings. The van der Waals surface area contributed by atoms with E-state index in [1.54, 1.807) is 49.3 Å². The van der Waals surface area contributed by atoms with E-state index in [-0.39, 0.29) is 41.5 Å². The normalized spacial score (nSPS) is 13.9. The summed E-state index contributed by atoms with van der Waals surface area (Å²) in [6.45, 7) is 10.5. The minimum absolute atomic E-state index is 0.0780. The molecule has 2 heterocycles. The highest BCUT2D eigenvalue weighted by atomic mass is 16.2. The molecule has 0 aliphatic rings. The van der Waals surface area contributed by atoms with E-state index in [0.717, 1.165) is 54.6 Å². The van der Waals surface area contributed by atoms with Crippen LogP contribution in [-0.4, -0.2) is 68.2 Å². The summed E-state index contributed by atoms with van der Waals surface area (Å²) in [7, 11) is 0. The van der Waals surface area contributed by atoms with Crippen LogP contribution < -0.4 is 21.3 Å². The second-order valence-corrected chi connectivity index (χ2v) is 14.2. The van der Waals surface area contributed by atoms with Crippen molar-refractivity contribution in [1.82, 2.24) is 41.2 Å². The van der Waals surface area contributed by atoms with Crippen molar-refractivity contribution in [2.75, 3.05) is 6.54 Å². The Bertz CT molecular complexity index is 1720. The molecule has 2 aromatic heterocycles. The number of amides is 4. The predicted octanol–water partition coefficient (Wildman–Crippen LogP) is 6.81. The largest absolute Gasteiger partial charge is 0.354 e. The number of unbranched alkanes of at least 4 members (excludes halogenated alkanes) is 3. The number of carbonyl (C=O) groups excluding carboxylic acids is 4. The van der Waals surface area contributed by atoms with E-state index in [0.29, 0.717) is 43.4 Å². The van der Waals surface area contributed by atoms with Gasteiger partial charge in [0.05, 0.1) is 36.4 Å². The van der Waals surface area contributed by atoms with Crippen LogP contribution in [0.3, 0.4) is 0 Å². The lowest BCUT2D eigenvalue weighted by atomic mass is 9.96. The van der Waals surface area contributed by atoms with Crippen molar-refractivity contribution >= 4 is 23.6 Å². The Kier molecular flexibility index (Phi) is 16.5. The molecule has 54 heavy (non-hydrogen) atoms. The lowest BCUT2D eigenvalue weighted by Gasteiger charge is -2.27. The zero-order valence-electron chi connectivity index (χ0n) is 32.4. The average Bonchev–Trinajstić information content (AvgIpc) is 3.94. The Morgan fingerprint density at radius 1 is 0.611 bits per heavy atom. The van der Waals surface area contributed by atoms with Crippen molar-refractivity contribution < 1.29 is 19.2 Å². The van der Waals surface area contributed by atoms with E-state index in [9.17, 15) is 19.2 Å². The Hall–Kier alpha value is -5.26. The molecule has 5 atom stereocenters. The summed E-state index contributed by atoms with van der Waals surface area (Å²) in [5, 5.41) is 12.2. The summed E-state index contributed by atoms with van der Waals surface area (Å²) >= 11 is 0. The third-order valence-corrected chi connectivity index (χ3v) is 10.3. The van der Waals surface area contributed by atoms with Gasteiger partial charge in [-0.25, -0.2) is 9.97 Å². The number of hydrogen-bond acceptors (Lipinski definition) is 6. The molecule has 0 radical (unpaired) electrons. The number of aromatic nitrogens is 4. The van der Waals surface area contributed by atoms with Gasteiger partial charge in [0.2, 0.25) is 11.8 Å². The third kappa shape index (κ3) is 12.1. The topological polar surface area (TPSA) is 174 Å². The van der Waals surface area contributed by atoms with Crippen molar-refractivity contribution in [3.63, 3.8) is 0 Å². The second-order valence-electron chi connectivity index (χ2n) is 14.2. The number of nitrogens with zero attached hydrogens (tertiary/aromatic N) is 2. The molecular weight excluding hydrogens is 681 g/mol. The van der Waals surface area contributed by atoms with Gasteiger partial charge in [0.15, 0.2) is 0 Å². The van der Waals surface area contributed by atoms with Crippen molar-refractivity contribution in [3.8, 4) is 22.5 Å². The highest BCUT2D eigenvalue weighted by Gasteiger charge is 2.29. The van der Waals surface area contributed by atoms with Crippen LogP contribution in [0.4, 0.5) is 0 Å². The first-order valence-electron chi connectivity index (χ1n) is 19.5. The molecule has 12 heteroatoms. The fourth-order valence-electron chi connectivity index (χ4n) is 6.35. The van der Waals surface area contributed by atoms with Crippen LogP contribution in [0.5, 0.6) is 0 Å². The van der Waals surface area contributed by atoms with Gasteiger partial charge in [0.1, 0.15) is 12.1 Å². The van der Waals surface area contributed by atoms with Crippen LogP contribution in [0.2, 0.25) is 0 Å². The van der Waals surface area contributed by atoms with E-state index >= 15 is 0 Å². The first-order chi connectivity index (χ1) is 26.1. The van der Waals surface area contributed by atoms with E-state index in [4.69, 9.17) is 0 Å². The van der Waals surface area contributed by atoms with Crippen molar-refractivity contribution in [2.45, 2.75) is 111 Å². The van der Waals surface area contributed by atoms with Crippen LogP contribution in [0.25, 0.3) is 22.5 Å².